The molecular weight excluding hydrogens is 338 g/mol. The first-order chi connectivity index (χ1) is 12.0. The van der Waals surface area contributed by atoms with Crippen molar-refractivity contribution < 1.29 is 0 Å². The second-order valence-corrected chi connectivity index (χ2v) is 13.1. The van der Waals surface area contributed by atoms with Gasteiger partial charge in [0, 0.05) is 5.66 Å². The molecule has 0 bridgehead atoms. The van der Waals surface area contributed by atoms with Crippen molar-refractivity contribution in [2.75, 3.05) is 6.16 Å². The largest absolute Gasteiger partial charge is 0.0897 e. The van der Waals surface area contributed by atoms with Crippen LogP contribution in [0.3, 0.4) is 0 Å². The van der Waals surface area contributed by atoms with Gasteiger partial charge in [0.05, 0.1) is 0 Å². The molecule has 0 nitrogen and oxygen atoms in total. The van der Waals surface area contributed by atoms with E-state index in [1.807, 2.05) is 0 Å². The molecule has 0 aromatic heterocycles. The maximum absolute atomic E-state index is 2.47. The zero-order valence-corrected chi connectivity index (χ0v) is 17.5. The van der Waals surface area contributed by atoms with Crippen molar-refractivity contribution in [2.24, 2.45) is 0 Å². The smallest absolute Gasteiger partial charge is 0.0239 e. The van der Waals surface area contributed by atoms with Crippen molar-refractivity contribution in [2.45, 2.75) is 38.5 Å². The first-order valence-electron chi connectivity index (χ1n) is 9.07. The summed E-state index contributed by atoms with van der Waals surface area (Å²) in [5.41, 5.74) is 0.603. The first kappa shape index (κ1) is 18.6. The van der Waals surface area contributed by atoms with Crippen molar-refractivity contribution in [3.05, 3.63) is 84.2 Å². The van der Waals surface area contributed by atoms with Gasteiger partial charge in [-0.05, 0) is 35.2 Å². The Balaban J connectivity index is 2.05. The van der Waals surface area contributed by atoms with Crippen LogP contribution in [0.4, 0.5) is 0 Å². The quantitative estimate of drug-likeness (QED) is 0.549. The van der Waals surface area contributed by atoms with Crippen LogP contribution in [0.25, 0.3) is 0 Å². The molecule has 2 atom stereocenters. The van der Waals surface area contributed by atoms with Crippen molar-refractivity contribution in [3.8, 4) is 0 Å². The van der Waals surface area contributed by atoms with Crippen LogP contribution < -0.4 is 10.6 Å². The van der Waals surface area contributed by atoms with E-state index in [0.717, 1.165) is 0 Å². The maximum Gasteiger partial charge on any atom is 0.0239 e. The molecule has 0 amide bonds. The number of hydrogen-bond acceptors (Lipinski definition) is 0. The highest BCUT2D eigenvalue weighted by molar-refractivity contribution is 7.78. The Morgan fingerprint density at radius 2 is 1.36 bits per heavy atom. The number of rotatable bonds is 5. The summed E-state index contributed by atoms with van der Waals surface area (Å²) in [6.07, 6.45) is 8.46. The van der Waals surface area contributed by atoms with E-state index >= 15 is 0 Å². The third-order valence-electron chi connectivity index (χ3n) is 4.69. The van der Waals surface area contributed by atoms with Gasteiger partial charge in [-0.25, -0.2) is 0 Å². The van der Waals surface area contributed by atoms with E-state index in [4.69, 9.17) is 0 Å². The van der Waals surface area contributed by atoms with Crippen LogP contribution in [-0.4, -0.2) is 17.0 Å². The maximum atomic E-state index is 2.47. The van der Waals surface area contributed by atoms with E-state index in [1.54, 1.807) is 5.31 Å². The highest BCUT2D eigenvalue weighted by Gasteiger charge is 2.35. The fourth-order valence-corrected chi connectivity index (χ4v) is 9.69. The van der Waals surface area contributed by atoms with Crippen LogP contribution in [0.15, 0.2) is 84.2 Å². The van der Waals surface area contributed by atoms with Crippen LogP contribution in [0.5, 0.6) is 0 Å². The Bertz CT molecular complexity index is 699. The molecule has 0 saturated heterocycles. The van der Waals surface area contributed by atoms with Gasteiger partial charge in [-0.1, -0.05) is 115 Å². The minimum Gasteiger partial charge on any atom is -0.0897 e. The lowest BCUT2D eigenvalue weighted by molar-refractivity contribution is 0.777. The fraction of sp³-hybridized carbons (Fsp3) is 0.304. The van der Waals surface area contributed by atoms with E-state index in [9.17, 15) is 0 Å². The molecule has 0 heterocycles. The summed E-state index contributed by atoms with van der Waals surface area (Å²) in [5, 5.41) is 4.93. The number of allylic oxidation sites excluding steroid dienone is 4. The average molecular weight is 366 g/mol. The normalized spacial score (nSPS) is 18.4. The molecule has 2 aromatic rings. The third kappa shape index (κ3) is 4.13. The second-order valence-electron chi connectivity index (χ2n) is 7.38. The van der Waals surface area contributed by atoms with Crippen LogP contribution >= 0.6 is 15.8 Å². The molecule has 25 heavy (non-hydrogen) atoms. The van der Waals surface area contributed by atoms with Gasteiger partial charge in [0.15, 0.2) is 0 Å². The predicted molar refractivity (Wildman–Crippen MR) is 117 cm³/mol. The van der Waals surface area contributed by atoms with Gasteiger partial charge in [-0.2, -0.15) is 0 Å². The molecule has 0 N–H and O–H groups in total. The topological polar surface area (TPSA) is 0 Å². The summed E-state index contributed by atoms with van der Waals surface area (Å²) in [4.78, 5) is 0. The van der Waals surface area contributed by atoms with Gasteiger partial charge in [-0.15, -0.1) is 0 Å². The summed E-state index contributed by atoms with van der Waals surface area (Å²) in [7, 11) is -0.554. The van der Waals surface area contributed by atoms with Gasteiger partial charge in [0.2, 0.25) is 0 Å². The van der Waals surface area contributed by atoms with Gasteiger partial charge in [-0.3, -0.25) is 0 Å². The highest BCUT2D eigenvalue weighted by Crippen LogP contribution is 2.62. The number of benzene rings is 2. The Labute approximate surface area is 155 Å². The molecule has 1 aliphatic carbocycles. The molecule has 0 fully saturated rings. The standard InChI is InChI=1S/C23H28P2/c1-5-24(23(2,3)4)21-17-12-18-22(21)25(19-13-8-6-9-14-19)20-15-10-7-11-16-20/h6-18,21H,5H2,1-4H3/t21?,24-/m1/s1. The van der Waals surface area contributed by atoms with Gasteiger partial charge in [0.25, 0.3) is 0 Å². The lowest BCUT2D eigenvalue weighted by Crippen LogP contribution is -2.23. The molecule has 0 saturated carbocycles. The molecular formula is C23H28P2. The Kier molecular flexibility index (Phi) is 5.93. The van der Waals surface area contributed by atoms with E-state index in [0.29, 0.717) is 10.8 Å². The summed E-state index contributed by atoms with van der Waals surface area (Å²) in [6.45, 7) is 9.62. The fourth-order valence-electron chi connectivity index (χ4n) is 3.62. The SMILES string of the molecule is CC[P@](C1C=CC=C1P(c1ccccc1)c1ccccc1)C(C)(C)C. The Morgan fingerprint density at radius 1 is 0.840 bits per heavy atom. The van der Waals surface area contributed by atoms with Crippen molar-refractivity contribution in [1.82, 2.24) is 0 Å². The molecule has 0 aliphatic heterocycles. The van der Waals surface area contributed by atoms with Crippen LogP contribution in [0.2, 0.25) is 0 Å². The first-order valence-corrected chi connectivity index (χ1v) is 12.0. The highest BCUT2D eigenvalue weighted by atomic mass is 31.1. The summed E-state index contributed by atoms with van der Waals surface area (Å²) < 4.78 is 0. The molecule has 2 aromatic carbocycles. The van der Waals surface area contributed by atoms with Gasteiger partial charge >= 0.3 is 0 Å². The van der Waals surface area contributed by atoms with Crippen molar-refractivity contribution in [1.29, 1.82) is 0 Å². The molecule has 1 unspecified atom stereocenters. The molecule has 0 spiro atoms. The Hall–Kier alpha value is -1.22. The second kappa shape index (κ2) is 7.99. The van der Waals surface area contributed by atoms with Crippen LogP contribution in [-0.2, 0) is 0 Å². The zero-order chi connectivity index (χ0) is 17.9. The van der Waals surface area contributed by atoms with Gasteiger partial charge in [0.1, 0.15) is 0 Å². The monoisotopic (exact) mass is 366 g/mol. The minimum atomic E-state index is -0.462. The lowest BCUT2D eigenvalue weighted by atomic mass is 10.3. The van der Waals surface area contributed by atoms with Gasteiger partial charge < -0.3 is 0 Å². The Morgan fingerprint density at radius 3 is 1.80 bits per heavy atom. The van der Waals surface area contributed by atoms with E-state index in [-0.39, 0.29) is 7.92 Å². The van der Waals surface area contributed by atoms with E-state index in [1.165, 1.54) is 16.8 Å². The molecule has 2 heteroatoms. The van der Waals surface area contributed by atoms with Crippen LogP contribution in [0, 0.1) is 0 Å². The minimum absolute atomic E-state index is 0.0920. The molecule has 1 aliphatic rings. The summed E-state index contributed by atoms with van der Waals surface area (Å²) >= 11 is 0. The molecule has 130 valence electrons. The van der Waals surface area contributed by atoms with E-state index < -0.39 is 7.92 Å². The van der Waals surface area contributed by atoms with Crippen molar-refractivity contribution >= 4 is 26.5 Å². The zero-order valence-electron chi connectivity index (χ0n) is 15.7. The summed E-state index contributed by atoms with van der Waals surface area (Å²) in [6, 6.07) is 22.2. The van der Waals surface area contributed by atoms with Crippen molar-refractivity contribution in [3.63, 3.8) is 0 Å². The van der Waals surface area contributed by atoms with Crippen LogP contribution in [0.1, 0.15) is 27.7 Å². The molecule has 0 radical (unpaired) electrons. The lowest BCUT2D eigenvalue weighted by Gasteiger charge is -2.38. The predicted octanol–water partition coefficient (Wildman–Crippen LogP) is 6.24. The number of hydrogen-bond donors (Lipinski definition) is 0. The average Bonchev–Trinajstić information content (AvgIpc) is 3.05. The summed E-state index contributed by atoms with van der Waals surface area (Å²) in [5.74, 6) is 0. The third-order valence-corrected chi connectivity index (χ3v) is 11.0. The molecule has 3 rings (SSSR count). The van der Waals surface area contributed by atoms with E-state index in [2.05, 4.69) is 107 Å².